The Balaban J connectivity index is 0.00000529. The summed E-state index contributed by atoms with van der Waals surface area (Å²) in [6.45, 7) is 5.71. The molecule has 7 heteroatoms. The zero-order chi connectivity index (χ0) is 17.2. The highest BCUT2D eigenvalue weighted by Gasteiger charge is 2.08. The van der Waals surface area contributed by atoms with Crippen molar-refractivity contribution in [2.24, 2.45) is 10.9 Å². The first kappa shape index (κ1) is 22.5. The van der Waals surface area contributed by atoms with Crippen LogP contribution in [0.5, 0.6) is 5.75 Å². The van der Waals surface area contributed by atoms with Gasteiger partial charge in [-0.2, -0.15) is 0 Å². The predicted octanol–water partition coefficient (Wildman–Crippen LogP) is 2.09. The first-order chi connectivity index (χ1) is 11.0. The molecule has 0 aliphatic rings. The third-order valence-electron chi connectivity index (χ3n) is 3.38. The Labute approximate surface area is 162 Å². The van der Waals surface area contributed by atoms with Gasteiger partial charge in [0.2, 0.25) is 5.91 Å². The van der Waals surface area contributed by atoms with Crippen molar-refractivity contribution in [2.45, 2.75) is 20.4 Å². The molecule has 1 amide bonds. The largest absolute Gasteiger partial charge is 0.497 e. The molecule has 0 saturated heterocycles. The van der Waals surface area contributed by atoms with Crippen molar-refractivity contribution in [1.29, 1.82) is 0 Å². The van der Waals surface area contributed by atoms with Crippen LogP contribution < -0.4 is 15.4 Å². The second-order valence-corrected chi connectivity index (χ2v) is 5.62. The number of amides is 1. The fraction of sp³-hybridized carbons (Fsp3) is 0.529. The summed E-state index contributed by atoms with van der Waals surface area (Å²) in [6.07, 6.45) is 0. The van der Waals surface area contributed by atoms with E-state index in [0.717, 1.165) is 18.3 Å². The molecule has 0 saturated carbocycles. The third-order valence-corrected chi connectivity index (χ3v) is 3.38. The van der Waals surface area contributed by atoms with Gasteiger partial charge in [0.05, 0.1) is 7.11 Å². The highest BCUT2D eigenvalue weighted by Crippen LogP contribution is 2.12. The van der Waals surface area contributed by atoms with E-state index in [-0.39, 0.29) is 35.8 Å². The lowest BCUT2D eigenvalue weighted by molar-refractivity contribution is -0.123. The molecule has 0 unspecified atom stereocenters. The van der Waals surface area contributed by atoms with Crippen LogP contribution in [-0.4, -0.2) is 51.1 Å². The first-order valence-electron chi connectivity index (χ1n) is 7.80. The highest BCUT2D eigenvalue weighted by atomic mass is 127. The van der Waals surface area contributed by atoms with Gasteiger partial charge in [-0.15, -0.1) is 24.0 Å². The molecule has 0 aromatic heterocycles. The molecule has 0 bridgehead atoms. The highest BCUT2D eigenvalue weighted by molar-refractivity contribution is 14.0. The molecular formula is C17H29IN4O2. The number of halogens is 1. The van der Waals surface area contributed by atoms with Crippen molar-refractivity contribution in [3.8, 4) is 5.75 Å². The number of methoxy groups -OCH3 is 1. The molecule has 1 aromatic rings. The molecule has 1 aromatic carbocycles. The lowest BCUT2D eigenvalue weighted by Gasteiger charge is -2.22. The van der Waals surface area contributed by atoms with E-state index >= 15 is 0 Å². The molecule has 2 N–H and O–H groups in total. The Morgan fingerprint density at radius 3 is 2.29 bits per heavy atom. The van der Waals surface area contributed by atoms with Crippen LogP contribution in [0.25, 0.3) is 0 Å². The Morgan fingerprint density at radius 1 is 1.21 bits per heavy atom. The summed E-state index contributed by atoms with van der Waals surface area (Å²) < 4.78 is 5.16. The number of hydrogen-bond acceptors (Lipinski definition) is 3. The van der Waals surface area contributed by atoms with Crippen molar-refractivity contribution in [3.05, 3.63) is 29.8 Å². The van der Waals surface area contributed by atoms with Crippen molar-refractivity contribution >= 4 is 35.8 Å². The van der Waals surface area contributed by atoms with Gasteiger partial charge < -0.3 is 20.3 Å². The number of ether oxygens (including phenoxy) is 1. The summed E-state index contributed by atoms with van der Waals surface area (Å²) >= 11 is 0. The SMILES string of the molecule is CN=C(NCCNC(=O)C(C)C)N(C)Cc1ccc(OC)cc1.I. The molecule has 0 radical (unpaired) electrons. The standard InChI is InChI=1S/C17H28N4O2.HI/c1-13(2)16(22)19-10-11-20-17(18-3)21(4)12-14-6-8-15(23-5)9-7-14;/h6-9,13H,10-12H2,1-5H3,(H,18,20)(H,19,22);1H. The van der Waals surface area contributed by atoms with E-state index in [2.05, 4.69) is 15.6 Å². The minimum atomic E-state index is 0. The molecular weight excluding hydrogens is 419 g/mol. The molecule has 6 nitrogen and oxygen atoms in total. The number of carbonyl (C=O) groups excluding carboxylic acids is 1. The Hall–Kier alpha value is -1.51. The number of nitrogens with zero attached hydrogens (tertiary/aromatic N) is 2. The summed E-state index contributed by atoms with van der Waals surface area (Å²) in [7, 11) is 5.39. The Morgan fingerprint density at radius 2 is 1.79 bits per heavy atom. The first-order valence-corrected chi connectivity index (χ1v) is 7.80. The van der Waals surface area contributed by atoms with Crippen LogP contribution in [0.2, 0.25) is 0 Å². The van der Waals surface area contributed by atoms with Crippen molar-refractivity contribution in [1.82, 2.24) is 15.5 Å². The number of aliphatic imine (C=N–C) groups is 1. The molecule has 136 valence electrons. The Bertz CT molecular complexity index is 518. The number of benzene rings is 1. The van der Waals surface area contributed by atoms with Crippen LogP contribution in [0.3, 0.4) is 0 Å². The fourth-order valence-corrected chi connectivity index (χ4v) is 2.03. The summed E-state index contributed by atoms with van der Waals surface area (Å²) in [5.74, 6) is 1.71. The summed E-state index contributed by atoms with van der Waals surface area (Å²) in [4.78, 5) is 17.8. The van der Waals surface area contributed by atoms with Gasteiger partial charge in [-0.05, 0) is 17.7 Å². The molecule has 0 aliphatic carbocycles. The van der Waals surface area contributed by atoms with Crippen molar-refractivity contribution < 1.29 is 9.53 Å². The number of hydrogen-bond donors (Lipinski definition) is 2. The van der Waals surface area contributed by atoms with Crippen LogP contribution in [0.1, 0.15) is 19.4 Å². The van der Waals surface area contributed by atoms with E-state index in [0.29, 0.717) is 13.1 Å². The monoisotopic (exact) mass is 448 g/mol. The van der Waals surface area contributed by atoms with Crippen LogP contribution in [0.4, 0.5) is 0 Å². The number of rotatable bonds is 7. The number of guanidine groups is 1. The zero-order valence-electron chi connectivity index (χ0n) is 15.1. The lowest BCUT2D eigenvalue weighted by atomic mass is 10.2. The van der Waals surface area contributed by atoms with Gasteiger partial charge in [0.15, 0.2) is 5.96 Å². The predicted molar refractivity (Wildman–Crippen MR) is 109 cm³/mol. The van der Waals surface area contributed by atoms with Gasteiger partial charge in [0.1, 0.15) is 5.75 Å². The summed E-state index contributed by atoms with van der Waals surface area (Å²) in [5.41, 5.74) is 1.17. The minimum absolute atomic E-state index is 0. The van der Waals surface area contributed by atoms with E-state index in [1.807, 2.05) is 50.1 Å². The van der Waals surface area contributed by atoms with Crippen LogP contribution in [0.15, 0.2) is 29.3 Å². The van der Waals surface area contributed by atoms with Crippen LogP contribution in [-0.2, 0) is 11.3 Å². The van der Waals surface area contributed by atoms with Gasteiger partial charge in [0, 0.05) is 39.6 Å². The minimum Gasteiger partial charge on any atom is -0.497 e. The van der Waals surface area contributed by atoms with E-state index < -0.39 is 0 Å². The number of carbonyl (C=O) groups is 1. The number of nitrogens with one attached hydrogen (secondary N) is 2. The average molecular weight is 448 g/mol. The quantitative estimate of drug-likeness (QED) is 0.290. The van der Waals surface area contributed by atoms with Crippen LogP contribution in [0, 0.1) is 5.92 Å². The van der Waals surface area contributed by atoms with Crippen molar-refractivity contribution in [3.63, 3.8) is 0 Å². The van der Waals surface area contributed by atoms with E-state index in [4.69, 9.17) is 4.74 Å². The molecule has 1 rings (SSSR count). The van der Waals surface area contributed by atoms with Gasteiger partial charge in [-0.3, -0.25) is 9.79 Å². The molecule has 0 fully saturated rings. The topological polar surface area (TPSA) is 66.0 Å². The second-order valence-electron chi connectivity index (χ2n) is 5.62. The van der Waals surface area contributed by atoms with Gasteiger partial charge in [-0.25, -0.2) is 0 Å². The maximum absolute atomic E-state index is 11.5. The summed E-state index contributed by atoms with van der Waals surface area (Å²) in [5, 5.41) is 6.12. The summed E-state index contributed by atoms with van der Waals surface area (Å²) in [6, 6.07) is 7.96. The molecule has 0 aliphatic heterocycles. The normalized spacial score (nSPS) is 10.8. The fourth-order valence-electron chi connectivity index (χ4n) is 2.03. The molecule has 24 heavy (non-hydrogen) atoms. The molecule has 0 spiro atoms. The third kappa shape index (κ3) is 7.85. The van der Waals surface area contributed by atoms with E-state index in [1.165, 1.54) is 5.56 Å². The van der Waals surface area contributed by atoms with Gasteiger partial charge in [-0.1, -0.05) is 26.0 Å². The van der Waals surface area contributed by atoms with Gasteiger partial charge in [0.25, 0.3) is 0 Å². The van der Waals surface area contributed by atoms with Crippen LogP contribution >= 0.6 is 24.0 Å². The smallest absolute Gasteiger partial charge is 0.222 e. The zero-order valence-corrected chi connectivity index (χ0v) is 17.5. The maximum Gasteiger partial charge on any atom is 0.222 e. The second kappa shape index (κ2) is 11.9. The van der Waals surface area contributed by atoms with Crippen molar-refractivity contribution in [2.75, 3.05) is 34.3 Å². The Kier molecular flexibility index (Phi) is 11.2. The van der Waals surface area contributed by atoms with E-state index in [9.17, 15) is 4.79 Å². The molecule has 0 atom stereocenters. The average Bonchev–Trinajstić information content (AvgIpc) is 2.55. The molecule has 0 heterocycles. The van der Waals surface area contributed by atoms with Gasteiger partial charge >= 0.3 is 0 Å². The van der Waals surface area contributed by atoms with E-state index in [1.54, 1.807) is 14.2 Å². The maximum atomic E-state index is 11.5. The lowest BCUT2D eigenvalue weighted by Crippen LogP contribution is -2.42.